The molecule has 1 aliphatic carbocycles. The van der Waals surface area contributed by atoms with Crippen LogP contribution in [0.1, 0.15) is 30.1 Å². The second-order valence-electron chi connectivity index (χ2n) is 5.00. The van der Waals surface area contributed by atoms with Crippen LogP contribution < -0.4 is 20.7 Å². The molecular formula is C15H18N4O2. The van der Waals surface area contributed by atoms with Crippen molar-refractivity contribution < 1.29 is 9.47 Å². The van der Waals surface area contributed by atoms with Crippen molar-refractivity contribution in [1.82, 2.24) is 9.97 Å². The molecule has 2 aromatic rings. The number of hydrazine groups is 1. The number of hydrogen-bond donors (Lipinski definition) is 2. The Hall–Kier alpha value is -2.34. The molecule has 1 heterocycles. The van der Waals surface area contributed by atoms with Crippen molar-refractivity contribution >= 4 is 5.82 Å². The van der Waals surface area contributed by atoms with Crippen LogP contribution in [0.15, 0.2) is 30.3 Å². The van der Waals surface area contributed by atoms with Gasteiger partial charge in [-0.25, -0.2) is 10.8 Å². The fourth-order valence-electron chi connectivity index (χ4n) is 1.99. The van der Waals surface area contributed by atoms with Gasteiger partial charge >= 0.3 is 0 Å². The Morgan fingerprint density at radius 1 is 1.24 bits per heavy atom. The standard InChI is InChI=1S/C15H18N4O2/c1-20-12-6-2-10(3-7-12)9-21-14-8-13(19-16)17-15(18-14)11-4-5-11/h2-3,6-8,11H,4-5,9,16H2,1H3,(H,17,18,19). The number of hydrogen-bond acceptors (Lipinski definition) is 6. The first kappa shape index (κ1) is 13.6. The summed E-state index contributed by atoms with van der Waals surface area (Å²) in [5.41, 5.74) is 3.60. The predicted molar refractivity (Wildman–Crippen MR) is 79.1 cm³/mol. The summed E-state index contributed by atoms with van der Waals surface area (Å²) < 4.78 is 10.9. The number of anilines is 1. The average Bonchev–Trinajstić information content (AvgIpc) is 3.38. The lowest BCUT2D eigenvalue weighted by Gasteiger charge is -2.09. The number of rotatable bonds is 6. The highest BCUT2D eigenvalue weighted by molar-refractivity contribution is 5.38. The van der Waals surface area contributed by atoms with Gasteiger partial charge in [-0.15, -0.1) is 0 Å². The van der Waals surface area contributed by atoms with E-state index < -0.39 is 0 Å². The third kappa shape index (κ3) is 3.41. The average molecular weight is 286 g/mol. The van der Waals surface area contributed by atoms with Crippen LogP contribution in [0.2, 0.25) is 0 Å². The SMILES string of the molecule is COc1ccc(COc2cc(NN)nc(C3CC3)n2)cc1. The minimum atomic E-state index is 0.440. The number of nitrogens with zero attached hydrogens (tertiary/aromatic N) is 2. The van der Waals surface area contributed by atoms with E-state index in [9.17, 15) is 0 Å². The molecule has 1 fully saturated rings. The summed E-state index contributed by atoms with van der Waals surface area (Å²) in [5.74, 6) is 8.63. The highest BCUT2D eigenvalue weighted by Crippen LogP contribution is 2.39. The smallest absolute Gasteiger partial charge is 0.219 e. The maximum Gasteiger partial charge on any atom is 0.219 e. The van der Waals surface area contributed by atoms with Gasteiger partial charge in [-0.3, -0.25) is 0 Å². The maximum absolute atomic E-state index is 5.74. The van der Waals surface area contributed by atoms with Crippen LogP contribution in [0, 0.1) is 0 Å². The molecule has 0 unspecified atom stereocenters. The normalized spacial score (nSPS) is 13.8. The maximum atomic E-state index is 5.74. The molecule has 1 aromatic heterocycles. The summed E-state index contributed by atoms with van der Waals surface area (Å²) in [4.78, 5) is 8.79. The van der Waals surface area contributed by atoms with Gasteiger partial charge in [0.2, 0.25) is 5.88 Å². The number of aromatic nitrogens is 2. The molecule has 110 valence electrons. The molecule has 0 spiro atoms. The van der Waals surface area contributed by atoms with E-state index >= 15 is 0 Å². The van der Waals surface area contributed by atoms with Crippen LogP contribution in [0.3, 0.4) is 0 Å². The van der Waals surface area contributed by atoms with E-state index in [1.807, 2.05) is 24.3 Å². The second-order valence-corrected chi connectivity index (χ2v) is 5.00. The molecule has 0 radical (unpaired) electrons. The van der Waals surface area contributed by atoms with Crippen molar-refractivity contribution in [2.45, 2.75) is 25.4 Å². The molecular weight excluding hydrogens is 268 g/mol. The molecule has 0 saturated heterocycles. The third-order valence-electron chi connectivity index (χ3n) is 3.36. The molecule has 6 heteroatoms. The Labute approximate surface area is 123 Å². The van der Waals surface area contributed by atoms with Crippen LogP contribution >= 0.6 is 0 Å². The van der Waals surface area contributed by atoms with Crippen molar-refractivity contribution in [3.8, 4) is 11.6 Å². The number of ether oxygens (including phenoxy) is 2. The second kappa shape index (κ2) is 5.97. The lowest BCUT2D eigenvalue weighted by molar-refractivity contribution is 0.292. The zero-order valence-electron chi connectivity index (χ0n) is 11.9. The molecule has 0 amide bonds. The summed E-state index contributed by atoms with van der Waals surface area (Å²) in [7, 11) is 1.65. The number of nitrogens with two attached hydrogens (primary N) is 1. The van der Waals surface area contributed by atoms with Gasteiger partial charge in [-0.1, -0.05) is 12.1 Å². The lowest BCUT2D eigenvalue weighted by Crippen LogP contribution is -2.11. The third-order valence-corrected chi connectivity index (χ3v) is 3.36. The first-order valence-electron chi connectivity index (χ1n) is 6.90. The van der Waals surface area contributed by atoms with E-state index in [4.69, 9.17) is 15.3 Å². The highest BCUT2D eigenvalue weighted by atomic mass is 16.5. The number of nitrogen functional groups attached to an aromatic ring is 1. The van der Waals surface area contributed by atoms with Crippen molar-refractivity contribution in [1.29, 1.82) is 0 Å². The van der Waals surface area contributed by atoms with Gasteiger partial charge in [-0.2, -0.15) is 4.98 Å². The quantitative estimate of drug-likeness (QED) is 0.626. The van der Waals surface area contributed by atoms with Crippen molar-refractivity contribution in [3.05, 3.63) is 41.7 Å². The first-order chi connectivity index (χ1) is 10.3. The Morgan fingerprint density at radius 3 is 2.62 bits per heavy atom. The first-order valence-corrected chi connectivity index (χ1v) is 6.90. The predicted octanol–water partition coefficient (Wildman–Crippen LogP) is 2.23. The van der Waals surface area contributed by atoms with Gasteiger partial charge in [0.15, 0.2) is 0 Å². The summed E-state index contributed by atoms with van der Waals surface area (Å²) in [6.45, 7) is 0.440. The van der Waals surface area contributed by atoms with Crippen LogP contribution in [0.4, 0.5) is 5.82 Å². The zero-order valence-corrected chi connectivity index (χ0v) is 11.9. The van der Waals surface area contributed by atoms with Gasteiger partial charge in [0.05, 0.1) is 7.11 Å². The molecule has 0 bridgehead atoms. The molecule has 1 saturated carbocycles. The van der Waals surface area contributed by atoms with Crippen molar-refractivity contribution in [2.75, 3.05) is 12.5 Å². The number of methoxy groups -OCH3 is 1. The summed E-state index contributed by atoms with van der Waals surface area (Å²) in [5, 5.41) is 0. The van der Waals surface area contributed by atoms with E-state index in [1.54, 1.807) is 13.2 Å². The topological polar surface area (TPSA) is 82.3 Å². The van der Waals surface area contributed by atoms with E-state index in [1.165, 1.54) is 0 Å². The van der Waals surface area contributed by atoms with Crippen LogP contribution in [-0.2, 0) is 6.61 Å². The fourth-order valence-corrected chi connectivity index (χ4v) is 1.99. The molecule has 0 aliphatic heterocycles. The summed E-state index contributed by atoms with van der Waals surface area (Å²) in [6, 6.07) is 9.44. The molecule has 6 nitrogen and oxygen atoms in total. The highest BCUT2D eigenvalue weighted by Gasteiger charge is 2.27. The summed E-state index contributed by atoms with van der Waals surface area (Å²) in [6.07, 6.45) is 2.26. The Morgan fingerprint density at radius 2 is 2.00 bits per heavy atom. The molecule has 3 rings (SSSR count). The molecule has 1 aromatic carbocycles. The summed E-state index contributed by atoms with van der Waals surface area (Å²) >= 11 is 0. The monoisotopic (exact) mass is 286 g/mol. The molecule has 21 heavy (non-hydrogen) atoms. The fraction of sp³-hybridized carbons (Fsp3) is 0.333. The molecule has 0 atom stereocenters. The van der Waals surface area contributed by atoms with Gasteiger partial charge in [0, 0.05) is 12.0 Å². The molecule has 1 aliphatic rings. The lowest BCUT2D eigenvalue weighted by atomic mass is 10.2. The van der Waals surface area contributed by atoms with Gasteiger partial charge in [-0.05, 0) is 30.5 Å². The van der Waals surface area contributed by atoms with Gasteiger partial charge in [0.25, 0.3) is 0 Å². The van der Waals surface area contributed by atoms with E-state index in [2.05, 4.69) is 15.4 Å². The van der Waals surface area contributed by atoms with Crippen molar-refractivity contribution in [2.24, 2.45) is 5.84 Å². The van der Waals surface area contributed by atoms with Crippen LogP contribution in [-0.4, -0.2) is 17.1 Å². The minimum absolute atomic E-state index is 0.440. The minimum Gasteiger partial charge on any atom is -0.497 e. The van der Waals surface area contributed by atoms with E-state index in [0.29, 0.717) is 24.2 Å². The number of nitrogens with one attached hydrogen (secondary N) is 1. The Balaban J connectivity index is 1.69. The van der Waals surface area contributed by atoms with E-state index in [0.717, 1.165) is 30.0 Å². The van der Waals surface area contributed by atoms with Crippen molar-refractivity contribution in [3.63, 3.8) is 0 Å². The molecule has 3 N–H and O–H groups in total. The van der Waals surface area contributed by atoms with E-state index in [-0.39, 0.29) is 0 Å². The number of benzene rings is 1. The van der Waals surface area contributed by atoms with Gasteiger partial charge in [0.1, 0.15) is 24.0 Å². The van der Waals surface area contributed by atoms with Crippen LogP contribution in [0.25, 0.3) is 0 Å². The van der Waals surface area contributed by atoms with Crippen LogP contribution in [0.5, 0.6) is 11.6 Å². The largest absolute Gasteiger partial charge is 0.497 e. The van der Waals surface area contributed by atoms with Gasteiger partial charge < -0.3 is 14.9 Å². The zero-order chi connectivity index (χ0) is 14.7. The Bertz CT molecular complexity index is 612. The Kier molecular flexibility index (Phi) is 3.87.